The summed E-state index contributed by atoms with van der Waals surface area (Å²) in [6, 6.07) is 3.16. The van der Waals surface area contributed by atoms with Crippen molar-refractivity contribution in [3.8, 4) is 0 Å². The molecule has 1 fully saturated rings. The average molecular weight is 356 g/mol. The molecular formula is C17H17FN6O2. The Kier molecular flexibility index (Phi) is 4.11. The first-order chi connectivity index (χ1) is 12.6. The van der Waals surface area contributed by atoms with E-state index in [1.54, 1.807) is 23.4 Å². The van der Waals surface area contributed by atoms with E-state index in [4.69, 9.17) is 4.42 Å². The summed E-state index contributed by atoms with van der Waals surface area (Å²) in [5, 5.41) is 3.19. The zero-order valence-electron chi connectivity index (χ0n) is 14.0. The summed E-state index contributed by atoms with van der Waals surface area (Å²) in [7, 11) is 1.89. The van der Waals surface area contributed by atoms with Gasteiger partial charge in [-0.3, -0.25) is 4.79 Å². The van der Waals surface area contributed by atoms with Crippen LogP contribution in [0.4, 0.5) is 10.3 Å². The molecule has 1 aliphatic heterocycles. The number of aromatic nitrogens is 4. The highest BCUT2D eigenvalue weighted by Gasteiger charge is 2.38. The number of imidazole rings is 1. The van der Waals surface area contributed by atoms with Crippen LogP contribution in [0.2, 0.25) is 0 Å². The Balaban J connectivity index is 1.58. The van der Waals surface area contributed by atoms with Gasteiger partial charge in [0.25, 0.3) is 5.91 Å². The average Bonchev–Trinajstić information content (AvgIpc) is 3.37. The third kappa shape index (κ3) is 3.15. The maximum Gasteiger partial charge on any atom is 0.289 e. The highest BCUT2D eigenvalue weighted by Crippen LogP contribution is 2.29. The number of halogens is 1. The summed E-state index contributed by atoms with van der Waals surface area (Å²) in [5.41, 5.74) is 0.863. The molecule has 26 heavy (non-hydrogen) atoms. The number of amides is 1. The van der Waals surface area contributed by atoms with Crippen LogP contribution >= 0.6 is 0 Å². The lowest BCUT2D eigenvalue weighted by Crippen LogP contribution is -2.32. The van der Waals surface area contributed by atoms with Gasteiger partial charge in [0.2, 0.25) is 5.95 Å². The number of anilines is 1. The standard InChI is InChI=1S/C17H17FN6O2/c1-23-8-13(21-10-23)12-7-24(16(25)15-3-2-4-26-15)9-14(12)22-17-19-5-11(18)6-20-17/h2-6,8,10,12,14H,7,9H2,1H3,(H,19,20,22)/t12-,14+/m0/s1. The van der Waals surface area contributed by atoms with Crippen molar-refractivity contribution in [2.75, 3.05) is 18.4 Å². The summed E-state index contributed by atoms with van der Waals surface area (Å²) in [6.07, 6.45) is 7.32. The maximum absolute atomic E-state index is 13.0. The number of carbonyl (C=O) groups is 1. The molecule has 1 amide bonds. The molecule has 3 aromatic rings. The number of aryl methyl sites for hydroxylation is 1. The highest BCUT2D eigenvalue weighted by molar-refractivity contribution is 5.91. The third-order valence-electron chi connectivity index (χ3n) is 4.38. The fourth-order valence-corrected chi connectivity index (χ4v) is 3.15. The largest absolute Gasteiger partial charge is 0.459 e. The van der Waals surface area contributed by atoms with E-state index in [2.05, 4.69) is 20.3 Å². The van der Waals surface area contributed by atoms with E-state index >= 15 is 0 Å². The summed E-state index contributed by atoms with van der Waals surface area (Å²) in [5.74, 6) is -0.130. The topological polar surface area (TPSA) is 89.1 Å². The van der Waals surface area contributed by atoms with E-state index in [1.807, 2.05) is 17.8 Å². The molecule has 134 valence electrons. The second kappa shape index (κ2) is 6.58. The molecule has 0 bridgehead atoms. The highest BCUT2D eigenvalue weighted by atomic mass is 19.1. The van der Waals surface area contributed by atoms with Crippen molar-refractivity contribution in [3.63, 3.8) is 0 Å². The molecule has 1 saturated heterocycles. The number of nitrogens with zero attached hydrogens (tertiary/aromatic N) is 5. The van der Waals surface area contributed by atoms with Crippen LogP contribution in [0.1, 0.15) is 22.2 Å². The summed E-state index contributed by atoms with van der Waals surface area (Å²) in [6.45, 7) is 0.914. The van der Waals surface area contributed by atoms with Gasteiger partial charge in [-0.15, -0.1) is 0 Å². The number of rotatable bonds is 4. The van der Waals surface area contributed by atoms with Gasteiger partial charge in [0.05, 0.1) is 36.7 Å². The molecule has 0 saturated carbocycles. The fourth-order valence-electron chi connectivity index (χ4n) is 3.15. The maximum atomic E-state index is 13.0. The van der Waals surface area contributed by atoms with Crippen molar-refractivity contribution in [2.24, 2.45) is 7.05 Å². The monoisotopic (exact) mass is 356 g/mol. The van der Waals surface area contributed by atoms with E-state index in [0.717, 1.165) is 18.1 Å². The van der Waals surface area contributed by atoms with Crippen molar-refractivity contribution in [3.05, 3.63) is 60.6 Å². The molecule has 0 spiro atoms. The quantitative estimate of drug-likeness (QED) is 0.765. The van der Waals surface area contributed by atoms with Crippen molar-refractivity contribution >= 4 is 11.9 Å². The summed E-state index contributed by atoms with van der Waals surface area (Å²) < 4.78 is 20.1. The van der Waals surface area contributed by atoms with Gasteiger partial charge in [0.15, 0.2) is 11.6 Å². The number of nitrogens with one attached hydrogen (secondary N) is 1. The first-order valence-electron chi connectivity index (χ1n) is 8.15. The Labute approximate surface area is 148 Å². The summed E-state index contributed by atoms with van der Waals surface area (Å²) in [4.78, 5) is 26.7. The van der Waals surface area contributed by atoms with Gasteiger partial charge < -0.3 is 19.2 Å². The minimum Gasteiger partial charge on any atom is -0.459 e. The van der Waals surface area contributed by atoms with Crippen LogP contribution < -0.4 is 5.32 Å². The predicted molar refractivity (Wildman–Crippen MR) is 90.0 cm³/mol. The number of likely N-dealkylation sites (tertiary alicyclic amines) is 1. The van der Waals surface area contributed by atoms with Crippen LogP contribution in [0, 0.1) is 5.82 Å². The fraction of sp³-hybridized carbons (Fsp3) is 0.294. The van der Waals surface area contributed by atoms with Crippen molar-refractivity contribution < 1.29 is 13.6 Å². The molecule has 4 heterocycles. The Morgan fingerprint density at radius 2 is 2.12 bits per heavy atom. The number of hydrogen-bond acceptors (Lipinski definition) is 6. The minimum absolute atomic E-state index is 0.0521. The van der Waals surface area contributed by atoms with E-state index < -0.39 is 5.82 Å². The van der Waals surface area contributed by atoms with Crippen LogP contribution in [-0.4, -0.2) is 49.5 Å². The van der Waals surface area contributed by atoms with Crippen molar-refractivity contribution in [1.29, 1.82) is 0 Å². The molecule has 0 aliphatic carbocycles. The van der Waals surface area contributed by atoms with Gasteiger partial charge in [-0.1, -0.05) is 0 Å². The Morgan fingerprint density at radius 3 is 2.77 bits per heavy atom. The van der Waals surface area contributed by atoms with Crippen LogP contribution in [0.5, 0.6) is 0 Å². The van der Waals surface area contributed by atoms with Gasteiger partial charge in [0.1, 0.15) is 0 Å². The predicted octanol–water partition coefficient (Wildman–Crippen LogP) is 1.66. The van der Waals surface area contributed by atoms with Gasteiger partial charge in [-0.2, -0.15) is 0 Å². The van der Waals surface area contributed by atoms with E-state index in [-0.39, 0.29) is 17.9 Å². The number of furan rings is 1. The van der Waals surface area contributed by atoms with Gasteiger partial charge in [0, 0.05) is 32.3 Å². The molecule has 1 aliphatic rings. The Bertz CT molecular complexity index is 892. The molecule has 9 heteroatoms. The minimum atomic E-state index is -0.502. The van der Waals surface area contributed by atoms with Crippen LogP contribution in [0.3, 0.4) is 0 Å². The molecule has 0 unspecified atom stereocenters. The van der Waals surface area contributed by atoms with Gasteiger partial charge in [-0.25, -0.2) is 19.3 Å². The first-order valence-corrected chi connectivity index (χ1v) is 8.15. The lowest BCUT2D eigenvalue weighted by atomic mass is 10.0. The van der Waals surface area contributed by atoms with E-state index in [0.29, 0.717) is 24.8 Å². The lowest BCUT2D eigenvalue weighted by molar-refractivity contribution is 0.0758. The third-order valence-corrected chi connectivity index (χ3v) is 4.38. The Hall–Kier alpha value is -3.23. The molecule has 8 nitrogen and oxygen atoms in total. The zero-order chi connectivity index (χ0) is 18.1. The van der Waals surface area contributed by atoms with Crippen molar-refractivity contribution in [2.45, 2.75) is 12.0 Å². The molecule has 3 aromatic heterocycles. The van der Waals surface area contributed by atoms with Crippen LogP contribution in [-0.2, 0) is 7.05 Å². The number of carbonyl (C=O) groups excluding carboxylic acids is 1. The molecule has 0 aromatic carbocycles. The molecule has 2 atom stereocenters. The van der Waals surface area contributed by atoms with Gasteiger partial charge >= 0.3 is 0 Å². The Morgan fingerprint density at radius 1 is 1.31 bits per heavy atom. The van der Waals surface area contributed by atoms with Crippen molar-refractivity contribution in [1.82, 2.24) is 24.4 Å². The molecule has 0 radical (unpaired) electrons. The SMILES string of the molecule is Cn1cnc([C@@H]2CN(C(=O)c3ccco3)C[C@H]2Nc2ncc(F)cn2)c1. The zero-order valence-corrected chi connectivity index (χ0v) is 14.0. The number of hydrogen-bond donors (Lipinski definition) is 1. The summed E-state index contributed by atoms with van der Waals surface area (Å²) >= 11 is 0. The molecular weight excluding hydrogens is 339 g/mol. The lowest BCUT2D eigenvalue weighted by Gasteiger charge is -2.17. The van der Waals surface area contributed by atoms with Crippen LogP contribution in [0.25, 0.3) is 0 Å². The second-order valence-electron chi connectivity index (χ2n) is 6.23. The molecule has 4 rings (SSSR count). The first kappa shape index (κ1) is 16.2. The smallest absolute Gasteiger partial charge is 0.289 e. The van der Waals surface area contributed by atoms with Gasteiger partial charge in [-0.05, 0) is 12.1 Å². The second-order valence-corrected chi connectivity index (χ2v) is 6.23. The van der Waals surface area contributed by atoms with E-state index in [9.17, 15) is 9.18 Å². The van der Waals surface area contributed by atoms with E-state index in [1.165, 1.54) is 6.26 Å². The normalized spacial score (nSPS) is 19.7. The van der Waals surface area contributed by atoms with Crippen LogP contribution in [0.15, 0.2) is 47.7 Å². The molecule has 1 N–H and O–H groups in total.